The Balaban J connectivity index is 1.36. The lowest BCUT2D eigenvalue weighted by Crippen LogP contribution is -2.49. The second-order valence-corrected chi connectivity index (χ2v) is 8.04. The van der Waals surface area contributed by atoms with Crippen molar-refractivity contribution in [2.45, 2.75) is 31.1 Å². The first kappa shape index (κ1) is 20.3. The summed E-state index contributed by atoms with van der Waals surface area (Å²) in [5, 5.41) is 12.5. The Morgan fingerprint density at radius 3 is 2.57 bits per heavy atom. The van der Waals surface area contributed by atoms with E-state index >= 15 is 0 Å². The van der Waals surface area contributed by atoms with Crippen LogP contribution in [0.15, 0.2) is 42.7 Å². The first-order valence-corrected chi connectivity index (χ1v) is 10.6. The van der Waals surface area contributed by atoms with Gasteiger partial charge in [-0.25, -0.2) is 9.97 Å². The molecule has 0 spiro atoms. The lowest BCUT2D eigenvalue weighted by molar-refractivity contribution is -0.130. The standard InChI is InChI=1S/C23H27N5O2/c24-16-20-21(26-11-10-25-20)28-12-6-18(7-13-28)17-27-22(29)23(8-14-30-15-9-23)19-4-2-1-3-5-19/h1-5,10-11,18H,6-9,12-15,17H2,(H,27,29). The number of ether oxygens (including phenoxy) is 1. The Kier molecular flexibility index (Phi) is 6.24. The zero-order valence-electron chi connectivity index (χ0n) is 17.1. The monoisotopic (exact) mass is 405 g/mol. The third-order valence-corrected chi connectivity index (χ3v) is 6.36. The van der Waals surface area contributed by atoms with E-state index in [2.05, 4.69) is 38.4 Å². The number of nitriles is 1. The fourth-order valence-electron chi connectivity index (χ4n) is 4.52. The summed E-state index contributed by atoms with van der Waals surface area (Å²) in [5.74, 6) is 1.19. The van der Waals surface area contributed by atoms with Crippen LogP contribution < -0.4 is 10.2 Å². The maximum Gasteiger partial charge on any atom is 0.230 e. The molecule has 156 valence electrons. The first-order valence-electron chi connectivity index (χ1n) is 10.6. The summed E-state index contributed by atoms with van der Waals surface area (Å²) in [4.78, 5) is 23.9. The molecule has 0 radical (unpaired) electrons. The summed E-state index contributed by atoms with van der Waals surface area (Å²) >= 11 is 0. The number of hydrogen-bond acceptors (Lipinski definition) is 6. The molecule has 4 rings (SSSR count). The third kappa shape index (κ3) is 4.14. The predicted molar refractivity (Wildman–Crippen MR) is 113 cm³/mol. The number of anilines is 1. The molecular formula is C23H27N5O2. The molecule has 1 aromatic carbocycles. The topological polar surface area (TPSA) is 91.1 Å². The van der Waals surface area contributed by atoms with Crippen molar-refractivity contribution in [1.82, 2.24) is 15.3 Å². The Morgan fingerprint density at radius 1 is 1.17 bits per heavy atom. The van der Waals surface area contributed by atoms with Crippen LogP contribution in [0.25, 0.3) is 0 Å². The molecule has 30 heavy (non-hydrogen) atoms. The number of rotatable bonds is 5. The van der Waals surface area contributed by atoms with E-state index in [9.17, 15) is 10.1 Å². The van der Waals surface area contributed by atoms with Crippen LogP contribution in [0.1, 0.15) is 36.9 Å². The molecule has 1 N–H and O–H groups in total. The van der Waals surface area contributed by atoms with Gasteiger partial charge >= 0.3 is 0 Å². The number of carbonyl (C=O) groups excluding carboxylic acids is 1. The predicted octanol–water partition coefficient (Wildman–Crippen LogP) is 2.43. The second kappa shape index (κ2) is 9.23. The van der Waals surface area contributed by atoms with Crippen LogP contribution in [0, 0.1) is 17.2 Å². The van der Waals surface area contributed by atoms with Gasteiger partial charge in [0, 0.05) is 45.2 Å². The zero-order valence-corrected chi connectivity index (χ0v) is 17.1. The van der Waals surface area contributed by atoms with Crippen molar-refractivity contribution in [1.29, 1.82) is 5.26 Å². The van der Waals surface area contributed by atoms with E-state index in [1.54, 1.807) is 12.4 Å². The lowest BCUT2D eigenvalue weighted by Gasteiger charge is -2.37. The maximum absolute atomic E-state index is 13.3. The second-order valence-electron chi connectivity index (χ2n) is 8.04. The molecule has 1 aromatic heterocycles. The number of benzene rings is 1. The fraction of sp³-hybridized carbons (Fsp3) is 0.478. The van der Waals surface area contributed by atoms with Gasteiger partial charge in [-0.2, -0.15) is 5.26 Å². The number of aromatic nitrogens is 2. The minimum Gasteiger partial charge on any atom is -0.381 e. The molecular weight excluding hydrogens is 378 g/mol. The highest BCUT2D eigenvalue weighted by Crippen LogP contribution is 2.35. The molecule has 2 fully saturated rings. The number of amides is 1. The molecule has 2 aliphatic heterocycles. The first-order chi connectivity index (χ1) is 14.7. The van der Waals surface area contributed by atoms with Gasteiger partial charge < -0.3 is 15.0 Å². The highest BCUT2D eigenvalue weighted by Gasteiger charge is 2.41. The Morgan fingerprint density at radius 2 is 1.87 bits per heavy atom. The molecule has 2 aliphatic rings. The molecule has 2 aromatic rings. The number of piperidine rings is 1. The van der Waals surface area contributed by atoms with Crippen LogP contribution in [-0.4, -0.2) is 48.7 Å². The summed E-state index contributed by atoms with van der Waals surface area (Å²) in [7, 11) is 0. The molecule has 7 heteroatoms. The quantitative estimate of drug-likeness (QED) is 0.822. The molecule has 0 saturated carbocycles. The zero-order chi connectivity index (χ0) is 20.8. The van der Waals surface area contributed by atoms with Gasteiger partial charge in [0.25, 0.3) is 0 Å². The van der Waals surface area contributed by atoms with E-state index in [-0.39, 0.29) is 5.91 Å². The smallest absolute Gasteiger partial charge is 0.230 e. The van der Waals surface area contributed by atoms with Gasteiger partial charge in [0.05, 0.1) is 5.41 Å². The maximum atomic E-state index is 13.3. The SMILES string of the molecule is N#Cc1nccnc1N1CCC(CNC(=O)C2(c3ccccc3)CCOCC2)CC1. The van der Waals surface area contributed by atoms with Crippen molar-refractivity contribution >= 4 is 11.7 Å². The van der Waals surface area contributed by atoms with E-state index in [0.29, 0.717) is 50.0 Å². The average molecular weight is 406 g/mol. The normalized spacial score (nSPS) is 19.1. The van der Waals surface area contributed by atoms with Crippen molar-refractivity contribution < 1.29 is 9.53 Å². The number of nitrogens with one attached hydrogen (secondary N) is 1. The Hall–Kier alpha value is -2.98. The van der Waals surface area contributed by atoms with Crippen LogP contribution in [0.4, 0.5) is 5.82 Å². The van der Waals surface area contributed by atoms with E-state index in [0.717, 1.165) is 31.5 Å². The van der Waals surface area contributed by atoms with Crippen molar-refractivity contribution in [3.05, 3.63) is 54.0 Å². The average Bonchev–Trinajstić information content (AvgIpc) is 2.84. The molecule has 2 saturated heterocycles. The highest BCUT2D eigenvalue weighted by molar-refractivity contribution is 5.88. The van der Waals surface area contributed by atoms with E-state index in [1.165, 1.54) is 0 Å². The molecule has 0 unspecified atom stereocenters. The molecule has 0 atom stereocenters. The summed E-state index contributed by atoms with van der Waals surface area (Å²) < 4.78 is 5.54. The van der Waals surface area contributed by atoms with Crippen LogP contribution in [0.5, 0.6) is 0 Å². The summed E-state index contributed by atoms with van der Waals surface area (Å²) in [6, 6.07) is 12.2. The Labute approximate surface area is 177 Å². The highest BCUT2D eigenvalue weighted by atomic mass is 16.5. The van der Waals surface area contributed by atoms with Gasteiger partial charge in [-0.15, -0.1) is 0 Å². The lowest BCUT2D eigenvalue weighted by atomic mass is 9.73. The minimum absolute atomic E-state index is 0.111. The van der Waals surface area contributed by atoms with Crippen LogP contribution >= 0.6 is 0 Å². The van der Waals surface area contributed by atoms with Gasteiger partial charge in [0.2, 0.25) is 5.91 Å². The van der Waals surface area contributed by atoms with Gasteiger partial charge in [-0.1, -0.05) is 30.3 Å². The van der Waals surface area contributed by atoms with Crippen molar-refractivity contribution in [3.63, 3.8) is 0 Å². The van der Waals surface area contributed by atoms with Crippen molar-refractivity contribution in [2.75, 3.05) is 37.7 Å². The third-order valence-electron chi connectivity index (χ3n) is 6.36. The van der Waals surface area contributed by atoms with Crippen molar-refractivity contribution in [2.24, 2.45) is 5.92 Å². The summed E-state index contributed by atoms with van der Waals surface area (Å²) in [5.41, 5.74) is 0.947. The van der Waals surface area contributed by atoms with Crippen LogP contribution in [-0.2, 0) is 14.9 Å². The van der Waals surface area contributed by atoms with E-state index < -0.39 is 5.41 Å². The molecule has 1 amide bonds. The van der Waals surface area contributed by atoms with Gasteiger partial charge in [0.15, 0.2) is 11.5 Å². The van der Waals surface area contributed by atoms with E-state index in [4.69, 9.17) is 4.74 Å². The minimum atomic E-state index is -0.498. The largest absolute Gasteiger partial charge is 0.381 e. The van der Waals surface area contributed by atoms with Gasteiger partial charge in [-0.3, -0.25) is 4.79 Å². The molecule has 0 aliphatic carbocycles. The fourth-order valence-corrected chi connectivity index (χ4v) is 4.52. The number of carbonyl (C=O) groups is 1. The van der Waals surface area contributed by atoms with Crippen LogP contribution in [0.3, 0.4) is 0 Å². The van der Waals surface area contributed by atoms with Crippen molar-refractivity contribution in [3.8, 4) is 6.07 Å². The summed E-state index contributed by atoms with van der Waals surface area (Å²) in [6.45, 7) is 3.52. The molecule has 7 nitrogen and oxygen atoms in total. The van der Waals surface area contributed by atoms with Crippen LogP contribution in [0.2, 0.25) is 0 Å². The van der Waals surface area contributed by atoms with Gasteiger partial charge in [-0.05, 0) is 37.2 Å². The number of hydrogen-bond donors (Lipinski definition) is 1. The molecule has 0 bridgehead atoms. The van der Waals surface area contributed by atoms with Gasteiger partial charge in [0.1, 0.15) is 6.07 Å². The number of nitrogens with zero attached hydrogens (tertiary/aromatic N) is 4. The Bertz CT molecular complexity index is 897. The summed E-state index contributed by atoms with van der Waals surface area (Å²) in [6.07, 6.45) is 6.49. The molecule has 3 heterocycles. The van der Waals surface area contributed by atoms with E-state index in [1.807, 2.05) is 18.2 Å².